The fraction of sp³-hybridized carbons (Fsp3) is 0.429. The Morgan fingerprint density at radius 1 is 1.36 bits per heavy atom. The second-order valence-electron chi connectivity index (χ2n) is 7.19. The van der Waals surface area contributed by atoms with Crippen molar-refractivity contribution in [2.24, 2.45) is 11.8 Å². The van der Waals surface area contributed by atoms with Gasteiger partial charge in [0.05, 0.1) is 5.56 Å². The molecule has 1 amide bonds. The average Bonchev–Trinajstić information content (AvgIpc) is 3.38. The fourth-order valence-corrected chi connectivity index (χ4v) is 5.28. The van der Waals surface area contributed by atoms with Gasteiger partial charge in [-0.15, -0.1) is 11.3 Å². The lowest BCUT2D eigenvalue weighted by Gasteiger charge is -2.20. The molecule has 0 spiro atoms. The number of amides is 1. The van der Waals surface area contributed by atoms with Crippen LogP contribution in [0.5, 0.6) is 0 Å². The van der Waals surface area contributed by atoms with Crippen LogP contribution in [0.15, 0.2) is 30.3 Å². The highest BCUT2D eigenvalue weighted by Gasteiger charge is 2.44. The highest BCUT2D eigenvalue weighted by Crippen LogP contribution is 2.48. The minimum Gasteiger partial charge on any atom is -0.316 e. The molecular formula is C21H22N2OS. The van der Waals surface area contributed by atoms with E-state index in [1.165, 1.54) is 22.4 Å². The average molecular weight is 350 g/mol. The lowest BCUT2D eigenvalue weighted by atomic mass is 9.86. The van der Waals surface area contributed by atoms with E-state index in [4.69, 9.17) is 0 Å². The highest BCUT2D eigenvalue weighted by molar-refractivity contribution is 7.16. The second kappa shape index (κ2) is 6.65. The number of carbonyl (C=O) groups excluding carboxylic acids is 1. The van der Waals surface area contributed by atoms with E-state index in [2.05, 4.69) is 30.4 Å². The first kappa shape index (κ1) is 16.4. The first-order chi connectivity index (χ1) is 12.2. The zero-order valence-electron chi connectivity index (χ0n) is 14.4. The van der Waals surface area contributed by atoms with Gasteiger partial charge < -0.3 is 5.32 Å². The largest absolute Gasteiger partial charge is 0.316 e. The maximum absolute atomic E-state index is 12.6. The predicted molar refractivity (Wildman–Crippen MR) is 101 cm³/mol. The SMILES string of the molecule is CCC1CCc2c(sc(NC(=O)C3CC3c3ccccc3)c2C#N)C1. The minimum atomic E-state index is 0.0384. The van der Waals surface area contributed by atoms with Crippen LogP contribution in [0.25, 0.3) is 0 Å². The predicted octanol–water partition coefficient (Wildman–Crippen LogP) is 4.88. The van der Waals surface area contributed by atoms with Crippen LogP contribution < -0.4 is 5.32 Å². The van der Waals surface area contributed by atoms with E-state index >= 15 is 0 Å². The second-order valence-corrected chi connectivity index (χ2v) is 8.29. The molecule has 1 N–H and O–H groups in total. The zero-order chi connectivity index (χ0) is 17.4. The van der Waals surface area contributed by atoms with E-state index < -0.39 is 0 Å². The normalized spacial score (nSPS) is 24.2. The third-order valence-corrected chi connectivity index (χ3v) is 6.82. The van der Waals surface area contributed by atoms with E-state index in [9.17, 15) is 10.1 Å². The van der Waals surface area contributed by atoms with Crippen molar-refractivity contribution in [1.29, 1.82) is 5.26 Å². The highest BCUT2D eigenvalue weighted by atomic mass is 32.1. The van der Waals surface area contributed by atoms with E-state index in [1.54, 1.807) is 11.3 Å². The molecule has 128 valence electrons. The van der Waals surface area contributed by atoms with Crippen molar-refractivity contribution in [3.63, 3.8) is 0 Å². The van der Waals surface area contributed by atoms with Gasteiger partial charge in [-0.2, -0.15) is 5.26 Å². The number of nitrogens with one attached hydrogen (secondary N) is 1. The Bertz CT molecular complexity index is 834. The Morgan fingerprint density at radius 2 is 2.16 bits per heavy atom. The van der Waals surface area contributed by atoms with Crippen molar-refractivity contribution < 1.29 is 4.79 Å². The summed E-state index contributed by atoms with van der Waals surface area (Å²) in [5.41, 5.74) is 3.13. The molecule has 25 heavy (non-hydrogen) atoms. The third kappa shape index (κ3) is 3.09. The van der Waals surface area contributed by atoms with Gasteiger partial charge in [0.25, 0.3) is 0 Å². The molecule has 1 aromatic carbocycles. The Balaban J connectivity index is 1.49. The van der Waals surface area contributed by atoms with Crippen LogP contribution in [0.2, 0.25) is 0 Å². The number of carbonyl (C=O) groups is 1. The van der Waals surface area contributed by atoms with E-state index in [0.717, 1.165) is 30.7 Å². The molecule has 1 heterocycles. The standard InChI is InChI=1S/C21H22N2OS/c1-2-13-8-9-15-18(12-22)21(25-19(15)10-13)23-20(24)17-11-16(17)14-6-4-3-5-7-14/h3-7,13,16-17H,2,8-11H2,1H3,(H,23,24). The Hall–Kier alpha value is -2.12. The van der Waals surface area contributed by atoms with Gasteiger partial charge in [-0.05, 0) is 48.6 Å². The van der Waals surface area contributed by atoms with Gasteiger partial charge in [0.2, 0.25) is 5.91 Å². The zero-order valence-corrected chi connectivity index (χ0v) is 15.2. The van der Waals surface area contributed by atoms with E-state index in [0.29, 0.717) is 17.4 Å². The minimum absolute atomic E-state index is 0.0384. The van der Waals surface area contributed by atoms with Crippen molar-refractivity contribution in [2.75, 3.05) is 5.32 Å². The molecule has 4 rings (SSSR count). The van der Waals surface area contributed by atoms with E-state index in [-0.39, 0.29) is 11.8 Å². The molecule has 3 atom stereocenters. The molecule has 2 aliphatic rings. The van der Waals surface area contributed by atoms with E-state index in [1.807, 2.05) is 18.2 Å². The van der Waals surface area contributed by atoms with Gasteiger partial charge in [-0.1, -0.05) is 43.7 Å². The molecule has 0 saturated heterocycles. The molecule has 1 fully saturated rings. The Morgan fingerprint density at radius 3 is 2.88 bits per heavy atom. The van der Waals surface area contributed by atoms with Crippen molar-refractivity contribution in [3.05, 3.63) is 51.9 Å². The first-order valence-corrected chi connectivity index (χ1v) is 9.93. The van der Waals surface area contributed by atoms with Gasteiger partial charge in [0.15, 0.2) is 0 Å². The van der Waals surface area contributed by atoms with Gasteiger partial charge >= 0.3 is 0 Å². The Labute approximate surface area is 152 Å². The summed E-state index contributed by atoms with van der Waals surface area (Å²) in [7, 11) is 0. The number of thiophene rings is 1. The summed E-state index contributed by atoms with van der Waals surface area (Å²) in [6.07, 6.45) is 5.26. The molecule has 1 saturated carbocycles. The number of hydrogen-bond donors (Lipinski definition) is 1. The molecular weight excluding hydrogens is 328 g/mol. The van der Waals surface area contributed by atoms with Crippen LogP contribution >= 0.6 is 11.3 Å². The van der Waals surface area contributed by atoms with Crippen molar-refractivity contribution >= 4 is 22.2 Å². The number of hydrogen-bond acceptors (Lipinski definition) is 3. The molecule has 1 aromatic heterocycles. The fourth-order valence-electron chi connectivity index (χ4n) is 3.97. The topological polar surface area (TPSA) is 52.9 Å². The van der Waals surface area contributed by atoms with Gasteiger partial charge in [-0.25, -0.2) is 0 Å². The summed E-state index contributed by atoms with van der Waals surface area (Å²) in [6, 6.07) is 12.6. The van der Waals surface area contributed by atoms with Crippen LogP contribution in [0.3, 0.4) is 0 Å². The quantitative estimate of drug-likeness (QED) is 0.854. The number of benzene rings is 1. The monoisotopic (exact) mass is 350 g/mol. The molecule has 0 bridgehead atoms. The summed E-state index contributed by atoms with van der Waals surface area (Å²) in [4.78, 5) is 14.0. The van der Waals surface area contributed by atoms with Gasteiger partial charge in [0, 0.05) is 10.8 Å². The summed E-state index contributed by atoms with van der Waals surface area (Å²) in [6.45, 7) is 2.23. The van der Waals surface area contributed by atoms with Gasteiger partial charge in [0.1, 0.15) is 11.1 Å². The van der Waals surface area contributed by atoms with Crippen LogP contribution in [-0.2, 0) is 17.6 Å². The number of nitrogens with zero attached hydrogens (tertiary/aromatic N) is 1. The summed E-state index contributed by atoms with van der Waals surface area (Å²) in [5, 5.41) is 13.4. The number of fused-ring (bicyclic) bond motifs is 1. The molecule has 0 radical (unpaired) electrons. The Kier molecular flexibility index (Phi) is 4.35. The van der Waals surface area contributed by atoms with Crippen LogP contribution in [-0.4, -0.2) is 5.91 Å². The molecule has 3 unspecified atom stereocenters. The maximum atomic E-state index is 12.6. The molecule has 4 heteroatoms. The number of rotatable bonds is 4. The maximum Gasteiger partial charge on any atom is 0.228 e. The molecule has 3 nitrogen and oxygen atoms in total. The molecule has 2 aromatic rings. The van der Waals surface area contributed by atoms with Crippen molar-refractivity contribution in [2.45, 2.75) is 44.9 Å². The third-order valence-electron chi connectivity index (χ3n) is 5.65. The van der Waals surface area contributed by atoms with Crippen LogP contribution in [0.4, 0.5) is 5.00 Å². The smallest absolute Gasteiger partial charge is 0.228 e. The lowest BCUT2D eigenvalue weighted by Crippen LogP contribution is -2.14. The van der Waals surface area contributed by atoms with Crippen LogP contribution in [0, 0.1) is 23.2 Å². The number of nitriles is 1. The summed E-state index contributed by atoms with van der Waals surface area (Å²) in [5.74, 6) is 1.14. The lowest BCUT2D eigenvalue weighted by molar-refractivity contribution is -0.117. The van der Waals surface area contributed by atoms with Gasteiger partial charge in [-0.3, -0.25) is 4.79 Å². The molecule has 0 aliphatic heterocycles. The van der Waals surface area contributed by atoms with Crippen molar-refractivity contribution in [1.82, 2.24) is 0 Å². The van der Waals surface area contributed by atoms with Crippen LogP contribution in [0.1, 0.15) is 53.7 Å². The summed E-state index contributed by atoms with van der Waals surface area (Å²) < 4.78 is 0. The molecule has 2 aliphatic carbocycles. The van der Waals surface area contributed by atoms with Crippen molar-refractivity contribution in [3.8, 4) is 6.07 Å². The number of anilines is 1. The summed E-state index contributed by atoms with van der Waals surface area (Å²) >= 11 is 1.62. The first-order valence-electron chi connectivity index (χ1n) is 9.11.